The number of hydrogen-bond donors (Lipinski definition) is 3. The van der Waals surface area contributed by atoms with Crippen molar-refractivity contribution in [2.75, 3.05) is 26.7 Å². The molecule has 2 aromatic rings. The highest BCUT2D eigenvalue weighted by Crippen LogP contribution is 2.17. The summed E-state index contributed by atoms with van der Waals surface area (Å²) in [7, 11) is 1.61. The number of halogens is 2. The number of aliphatic hydroxyl groups is 1. The smallest absolute Gasteiger partial charge is 0.191 e. The summed E-state index contributed by atoms with van der Waals surface area (Å²) in [5.74, 6) is 1.16. The molecule has 0 saturated heterocycles. The first-order valence-electron chi connectivity index (χ1n) is 8.71. The molecule has 0 saturated carbocycles. The lowest BCUT2D eigenvalue weighted by Crippen LogP contribution is -2.38. The van der Waals surface area contributed by atoms with Crippen LogP contribution in [-0.2, 0) is 6.42 Å². The van der Waals surface area contributed by atoms with Crippen molar-refractivity contribution in [3.63, 3.8) is 0 Å². The van der Waals surface area contributed by atoms with E-state index < -0.39 is 6.10 Å². The van der Waals surface area contributed by atoms with Gasteiger partial charge in [-0.3, -0.25) is 4.99 Å². The van der Waals surface area contributed by atoms with Crippen LogP contribution >= 0.6 is 24.0 Å². The summed E-state index contributed by atoms with van der Waals surface area (Å²) in [4.78, 5) is 4.43. The highest BCUT2D eigenvalue weighted by atomic mass is 127. The number of nitrogens with zero attached hydrogens (tertiary/aromatic N) is 1. The number of methoxy groups -OCH3 is 1. The minimum atomic E-state index is -0.687. The molecule has 148 valence electrons. The maximum absolute atomic E-state index is 12.9. The van der Waals surface area contributed by atoms with Crippen molar-refractivity contribution in [1.82, 2.24) is 10.6 Å². The number of ether oxygens (including phenoxy) is 1. The van der Waals surface area contributed by atoms with Crippen LogP contribution in [0.4, 0.5) is 4.39 Å². The van der Waals surface area contributed by atoms with Crippen molar-refractivity contribution in [2.45, 2.75) is 19.4 Å². The van der Waals surface area contributed by atoms with E-state index in [1.54, 1.807) is 19.2 Å². The third-order valence-electron chi connectivity index (χ3n) is 3.89. The Kier molecular flexibility index (Phi) is 10.7. The topological polar surface area (TPSA) is 65.9 Å². The fourth-order valence-electron chi connectivity index (χ4n) is 2.43. The van der Waals surface area contributed by atoms with Crippen LogP contribution < -0.4 is 15.4 Å². The molecule has 1 atom stereocenters. The molecule has 7 heteroatoms. The standard InChI is InChI=1S/C20H26FN3O2.HI/c1-3-22-20(23-13-12-15-4-8-17(21)9-5-15)24-14-19(25)16-6-10-18(26-2)11-7-16;/h4-11,19,25H,3,12-14H2,1-2H3,(H2,22,23,24);1H. The molecule has 0 radical (unpaired) electrons. The van der Waals surface area contributed by atoms with Gasteiger partial charge in [-0.05, 0) is 48.7 Å². The molecule has 0 aliphatic rings. The molecule has 0 heterocycles. The summed E-state index contributed by atoms with van der Waals surface area (Å²) in [6.45, 7) is 3.62. The first kappa shape index (κ1) is 23.2. The molecule has 27 heavy (non-hydrogen) atoms. The number of nitrogens with one attached hydrogen (secondary N) is 2. The zero-order valence-corrected chi connectivity index (χ0v) is 17.9. The van der Waals surface area contributed by atoms with Crippen molar-refractivity contribution < 1.29 is 14.2 Å². The Labute approximate surface area is 177 Å². The molecule has 2 aromatic carbocycles. The Bertz CT molecular complexity index is 693. The van der Waals surface area contributed by atoms with Gasteiger partial charge >= 0.3 is 0 Å². The van der Waals surface area contributed by atoms with Crippen molar-refractivity contribution in [3.05, 3.63) is 65.5 Å². The summed E-state index contributed by atoms with van der Waals surface area (Å²) >= 11 is 0. The van der Waals surface area contributed by atoms with E-state index >= 15 is 0 Å². The van der Waals surface area contributed by atoms with Crippen LogP contribution in [0.3, 0.4) is 0 Å². The van der Waals surface area contributed by atoms with Crippen molar-refractivity contribution in [3.8, 4) is 5.75 Å². The van der Waals surface area contributed by atoms with Gasteiger partial charge < -0.3 is 20.5 Å². The normalized spacial score (nSPS) is 12.1. The molecule has 0 amide bonds. The van der Waals surface area contributed by atoms with E-state index in [2.05, 4.69) is 15.6 Å². The number of aliphatic hydroxyl groups excluding tert-OH is 1. The van der Waals surface area contributed by atoms with E-state index in [9.17, 15) is 9.50 Å². The van der Waals surface area contributed by atoms with Gasteiger partial charge in [0, 0.05) is 13.1 Å². The maximum Gasteiger partial charge on any atom is 0.191 e. The van der Waals surface area contributed by atoms with Crippen LogP contribution in [0.2, 0.25) is 0 Å². The van der Waals surface area contributed by atoms with Gasteiger partial charge in [0.15, 0.2) is 5.96 Å². The summed E-state index contributed by atoms with van der Waals surface area (Å²) < 4.78 is 18.0. The van der Waals surface area contributed by atoms with Gasteiger partial charge in [0.25, 0.3) is 0 Å². The molecular weight excluding hydrogens is 460 g/mol. The summed E-state index contributed by atoms with van der Waals surface area (Å²) in [6, 6.07) is 13.7. The van der Waals surface area contributed by atoms with Crippen molar-refractivity contribution in [2.24, 2.45) is 4.99 Å². The predicted molar refractivity (Wildman–Crippen MR) is 117 cm³/mol. The Morgan fingerprint density at radius 2 is 1.78 bits per heavy atom. The molecule has 3 N–H and O–H groups in total. The van der Waals surface area contributed by atoms with Gasteiger partial charge in [-0.25, -0.2) is 4.39 Å². The quantitative estimate of drug-likeness (QED) is 0.304. The second-order valence-corrected chi connectivity index (χ2v) is 5.81. The average Bonchev–Trinajstić information content (AvgIpc) is 2.67. The Hall–Kier alpha value is -1.87. The molecule has 0 fully saturated rings. The maximum atomic E-state index is 12.9. The van der Waals surface area contributed by atoms with Crippen LogP contribution in [-0.4, -0.2) is 37.8 Å². The molecule has 2 rings (SSSR count). The first-order chi connectivity index (χ1) is 12.6. The molecule has 0 aliphatic carbocycles. The highest BCUT2D eigenvalue weighted by Gasteiger charge is 2.08. The third-order valence-corrected chi connectivity index (χ3v) is 3.89. The zero-order chi connectivity index (χ0) is 18.8. The van der Waals surface area contributed by atoms with Crippen LogP contribution in [0.5, 0.6) is 5.75 Å². The van der Waals surface area contributed by atoms with Gasteiger partial charge in [0.2, 0.25) is 0 Å². The molecule has 1 unspecified atom stereocenters. The minimum Gasteiger partial charge on any atom is -0.497 e. The van der Waals surface area contributed by atoms with Crippen LogP contribution in [0.15, 0.2) is 53.5 Å². The van der Waals surface area contributed by atoms with E-state index in [1.165, 1.54) is 12.1 Å². The Morgan fingerprint density at radius 3 is 2.37 bits per heavy atom. The highest BCUT2D eigenvalue weighted by molar-refractivity contribution is 14.0. The number of aliphatic imine (C=N–C) groups is 1. The monoisotopic (exact) mass is 487 g/mol. The van der Waals surface area contributed by atoms with Gasteiger partial charge in [-0.15, -0.1) is 24.0 Å². The lowest BCUT2D eigenvalue weighted by molar-refractivity contribution is 0.187. The Balaban J connectivity index is 0.00000364. The fourth-order valence-corrected chi connectivity index (χ4v) is 2.43. The molecule has 0 bridgehead atoms. The number of guanidine groups is 1. The van der Waals surface area contributed by atoms with Crippen molar-refractivity contribution >= 4 is 29.9 Å². The number of hydrogen-bond acceptors (Lipinski definition) is 3. The van der Waals surface area contributed by atoms with Gasteiger partial charge in [0.05, 0.1) is 19.8 Å². The molecule has 0 spiro atoms. The van der Waals surface area contributed by atoms with Gasteiger partial charge in [-0.2, -0.15) is 0 Å². The second kappa shape index (κ2) is 12.5. The van der Waals surface area contributed by atoms with Crippen molar-refractivity contribution in [1.29, 1.82) is 0 Å². The third kappa shape index (κ3) is 8.13. The van der Waals surface area contributed by atoms with Crippen LogP contribution in [0.25, 0.3) is 0 Å². The zero-order valence-electron chi connectivity index (χ0n) is 15.6. The van der Waals surface area contributed by atoms with Crippen LogP contribution in [0, 0.1) is 5.82 Å². The lowest BCUT2D eigenvalue weighted by atomic mass is 10.1. The summed E-state index contributed by atoms with van der Waals surface area (Å²) in [6.07, 6.45) is 0.0691. The Morgan fingerprint density at radius 1 is 1.11 bits per heavy atom. The SMILES string of the molecule is CCNC(=NCC(O)c1ccc(OC)cc1)NCCc1ccc(F)cc1.I. The molecular formula is C20H27FIN3O2. The first-order valence-corrected chi connectivity index (χ1v) is 8.71. The van der Waals surface area contributed by atoms with E-state index in [0.29, 0.717) is 12.5 Å². The van der Waals surface area contributed by atoms with Crippen LogP contribution in [0.1, 0.15) is 24.2 Å². The van der Waals surface area contributed by atoms with E-state index in [4.69, 9.17) is 4.74 Å². The predicted octanol–water partition coefficient (Wildman–Crippen LogP) is 3.28. The average molecular weight is 487 g/mol. The lowest BCUT2D eigenvalue weighted by Gasteiger charge is -2.13. The fraction of sp³-hybridized carbons (Fsp3) is 0.350. The summed E-state index contributed by atoms with van der Waals surface area (Å²) in [5.41, 5.74) is 1.84. The largest absolute Gasteiger partial charge is 0.497 e. The van der Waals surface area contributed by atoms with E-state index in [0.717, 1.165) is 29.8 Å². The van der Waals surface area contributed by atoms with Gasteiger partial charge in [0.1, 0.15) is 11.6 Å². The summed E-state index contributed by atoms with van der Waals surface area (Å²) in [5, 5.41) is 16.7. The molecule has 5 nitrogen and oxygen atoms in total. The second-order valence-electron chi connectivity index (χ2n) is 5.81. The minimum absolute atomic E-state index is 0. The van der Waals surface area contributed by atoms with Gasteiger partial charge in [-0.1, -0.05) is 24.3 Å². The van der Waals surface area contributed by atoms with E-state index in [-0.39, 0.29) is 36.3 Å². The number of rotatable bonds is 8. The van der Waals surface area contributed by atoms with E-state index in [1.807, 2.05) is 31.2 Å². The number of benzene rings is 2. The molecule has 0 aliphatic heterocycles. The molecule has 0 aromatic heterocycles.